The van der Waals surface area contributed by atoms with E-state index < -0.39 is 103 Å². The van der Waals surface area contributed by atoms with Gasteiger partial charge in [0.25, 0.3) is 0 Å². The molecular formula is C20H36B6O14P3. The van der Waals surface area contributed by atoms with Crippen LogP contribution in [-0.4, -0.2) is 147 Å². The normalized spacial score (nSPS) is 41.1. The molecule has 14 unspecified atom stereocenters. The fraction of sp³-hybridized carbons (Fsp3) is 1.00. The zero-order valence-corrected chi connectivity index (χ0v) is 27.4. The summed E-state index contributed by atoms with van der Waals surface area (Å²) in [6, 6.07) is -2.11. The van der Waals surface area contributed by atoms with Crippen LogP contribution in [0.4, 0.5) is 0 Å². The summed E-state index contributed by atoms with van der Waals surface area (Å²) in [6.07, 6.45) is -5.59. The Balaban J connectivity index is 1.64. The molecule has 9 radical (unpaired) electrons. The van der Waals surface area contributed by atoms with Gasteiger partial charge in [0, 0.05) is 72.3 Å². The summed E-state index contributed by atoms with van der Waals surface area (Å²) >= 11 is 0. The Morgan fingerprint density at radius 1 is 0.791 bits per heavy atom. The largest absolute Gasteiger partial charge is 0.469 e. The van der Waals surface area contributed by atoms with E-state index in [0.717, 1.165) is 0 Å². The molecular weight excluding hydrogens is 622 g/mol. The van der Waals surface area contributed by atoms with Crippen molar-refractivity contribution >= 4 is 67.7 Å². The lowest BCUT2D eigenvalue weighted by atomic mass is 9.16. The Bertz CT molecular complexity index is 1070. The summed E-state index contributed by atoms with van der Waals surface area (Å²) < 4.78 is 82.4. The molecule has 0 bridgehead atoms. The number of hydrogen-bond donors (Lipinski definition) is 3. The van der Waals surface area contributed by atoms with E-state index in [0.29, 0.717) is 0 Å². The number of ether oxygens (including phenoxy) is 3. The van der Waals surface area contributed by atoms with Crippen LogP contribution in [0, 0.1) is 17.8 Å². The van der Waals surface area contributed by atoms with Crippen LogP contribution in [0.25, 0.3) is 0 Å². The van der Waals surface area contributed by atoms with E-state index in [1.165, 1.54) is 20.5 Å². The standard InChI is InChI=1S/C20H36B6O14P3/c1-9-15(27)12(36-18(9)21)6-33-41(4,28)39-16-10(2)19(25-22)37-13(16)7-34-42(5,29)40-17-11(3)20(26(23)24)38-14(17)8-35-43(30,31)32/h9-20,27H,6-8H2,1-5H3,(H2,30,31,32). The lowest BCUT2D eigenvalue weighted by molar-refractivity contribution is -0.0206. The quantitative estimate of drug-likeness (QED) is 0.149. The maximum Gasteiger partial charge on any atom is 0.469 e. The first kappa shape index (κ1) is 38.1. The fourth-order valence-electron chi connectivity index (χ4n) is 5.28. The molecule has 3 saturated heterocycles. The van der Waals surface area contributed by atoms with Crippen LogP contribution in [0.3, 0.4) is 0 Å². The lowest BCUT2D eigenvalue weighted by Crippen LogP contribution is -2.38. The van der Waals surface area contributed by atoms with E-state index >= 15 is 0 Å². The number of phosphoric acid groups is 1. The zero-order chi connectivity index (χ0) is 32.5. The van der Waals surface area contributed by atoms with E-state index in [4.69, 9.17) is 73.1 Å². The molecule has 23 heteroatoms. The zero-order valence-electron chi connectivity index (χ0n) is 24.7. The maximum atomic E-state index is 13.4. The molecule has 0 aromatic heterocycles. The maximum absolute atomic E-state index is 13.4. The number of hydrogen-bond acceptors (Lipinski definition) is 12. The van der Waals surface area contributed by atoms with Crippen molar-refractivity contribution in [3.05, 3.63) is 0 Å². The Labute approximate surface area is 259 Å². The molecule has 0 aromatic carbocycles. The predicted molar refractivity (Wildman–Crippen MR) is 161 cm³/mol. The van der Waals surface area contributed by atoms with E-state index in [2.05, 4.69) is 4.52 Å². The van der Waals surface area contributed by atoms with Crippen LogP contribution in [0.2, 0.25) is 0 Å². The average molecular weight is 658 g/mol. The highest BCUT2D eigenvalue weighted by atomic mass is 31.2. The minimum atomic E-state index is -4.85. The third-order valence-corrected chi connectivity index (χ3v) is 10.8. The van der Waals surface area contributed by atoms with Crippen molar-refractivity contribution in [1.29, 1.82) is 0 Å². The molecule has 0 spiro atoms. The van der Waals surface area contributed by atoms with Crippen molar-refractivity contribution in [2.45, 2.75) is 75.4 Å². The van der Waals surface area contributed by atoms with Gasteiger partial charge in [0.1, 0.15) is 26.2 Å². The minimum absolute atomic E-state index is 0.234. The Kier molecular flexibility index (Phi) is 13.5. The molecule has 14 atom stereocenters. The molecule has 0 aliphatic carbocycles. The van der Waals surface area contributed by atoms with Crippen LogP contribution in [0.1, 0.15) is 20.8 Å². The van der Waals surface area contributed by atoms with Crippen molar-refractivity contribution in [3.63, 3.8) is 0 Å². The first-order valence-electron chi connectivity index (χ1n) is 13.7. The van der Waals surface area contributed by atoms with E-state index in [-0.39, 0.29) is 19.1 Å². The summed E-state index contributed by atoms with van der Waals surface area (Å²) in [5.41, 5.74) is 0. The monoisotopic (exact) mass is 659 g/mol. The van der Waals surface area contributed by atoms with Crippen LogP contribution < -0.4 is 0 Å². The second kappa shape index (κ2) is 15.2. The van der Waals surface area contributed by atoms with Crippen LogP contribution in [-0.2, 0) is 50.5 Å². The van der Waals surface area contributed by atoms with E-state index in [9.17, 15) is 18.8 Å². The number of aliphatic hydroxyl groups excluding tert-OH is 1. The molecule has 43 heavy (non-hydrogen) atoms. The summed E-state index contributed by atoms with van der Waals surface area (Å²) in [4.78, 5) is 18.2. The smallest absolute Gasteiger partial charge is 0.390 e. The molecule has 3 fully saturated rings. The van der Waals surface area contributed by atoms with Crippen molar-refractivity contribution in [3.8, 4) is 0 Å². The van der Waals surface area contributed by atoms with Gasteiger partial charge in [0.15, 0.2) is 0 Å². The van der Waals surface area contributed by atoms with Crippen LogP contribution >= 0.6 is 23.0 Å². The minimum Gasteiger partial charge on any atom is -0.390 e. The molecule has 3 aliphatic rings. The molecule has 3 rings (SSSR count). The highest BCUT2D eigenvalue weighted by Crippen LogP contribution is 2.52. The van der Waals surface area contributed by atoms with E-state index in [1.807, 2.05) is 0 Å². The number of aliphatic hydroxyl groups is 1. The SMILES string of the molecule is [B][B]C1OC(COP(C)(=O)OC2C(COP(=O)(O)O)OC(B([B])[B])C2C)C(OP(C)(=O)OCC2OC([B])C(C)C2O)C1C. The van der Waals surface area contributed by atoms with Crippen LogP contribution in [0.5, 0.6) is 0 Å². The number of rotatable bonds is 15. The van der Waals surface area contributed by atoms with Gasteiger partial charge < -0.3 is 47.2 Å². The number of phosphoric ester groups is 1. The molecule has 14 nitrogen and oxygen atoms in total. The third kappa shape index (κ3) is 10.3. The van der Waals surface area contributed by atoms with Crippen molar-refractivity contribution in [2.75, 3.05) is 33.2 Å². The predicted octanol–water partition coefficient (Wildman–Crippen LogP) is -0.648. The first-order chi connectivity index (χ1) is 19.7. The van der Waals surface area contributed by atoms with Crippen molar-refractivity contribution in [2.24, 2.45) is 17.8 Å². The molecule has 3 heterocycles. The highest BCUT2D eigenvalue weighted by Gasteiger charge is 2.49. The van der Waals surface area contributed by atoms with Crippen LogP contribution in [0.15, 0.2) is 0 Å². The molecule has 233 valence electrons. The van der Waals surface area contributed by atoms with Crippen molar-refractivity contribution < 1.29 is 65.4 Å². The van der Waals surface area contributed by atoms with Gasteiger partial charge >= 0.3 is 23.0 Å². The molecule has 0 amide bonds. The summed E-state index contributed by atoms with van der Waals surface area (Å²) in [6.45, 7) is 5.47. The first-order valence-corrected chi connectivity index (χ1v) is 19.2. The van der Waals surface area contributed by atoms with Crippen molar-refractivity contribution in [1.82, 2.24) is 0 Å². The molecule has 0 aromatic rings. The average Bonchev–Trinajstić information content (AvgIpc) is 3.46. The topological polar surface area (TPSA) is 186 Å². The van der Waals surface area contributed by atoms with Gasteiger partial charge in [-0.05, 0) is 0 Å². The molecule has 3 aliphatic heterocycles. The second-order valence-corrected chi connectivity index (χ2v) is 16.6. The molecule has 3 N–H and O–H groups in total. The third-order valence-electron chi connectivity index (χ3n) is 7.79. The van der Waals surface area contributed by atoms with Gasteiger partial charge in [-0.25, -0.2) is 4.57 Å². The lowest BCUT2D eigenvalue weighted by Gasteiger charge is -2.28. The Morgan fingerprint density at radius 3 is 1.74 bits per heavy atom. The van der Waals surface area contributed by atoms with Gasteiger partial charge in [0.05, 0.1) is 51.8 Å². The van der Waals surface area contributed by atoms with Gasteiger partial charge in [-0.1, -0.05) is 20.8 Å². The summed E-state index contributed by atoms with van der Waals surface area (Å²) in [5, 5.41) is 10.3. The molecule has 0 saturated carbocycles. The summed E-state index contributed by atoms with van der Waals surface area (Å²) in [7, 11) is 11.9. The summed E-state index contributed by atoms with van der Waals surface area (Å²) in [5.74, 6) is -1.31. The van der Waals surface area contributed by atoms with Gasteiger partial charge in [-0.3, -0.25) is 13.7 Å². The van der Waals surface area contributed by atoms with Gasteiger partial charge in [-0.15, -0.1) is 0 Å². The second-order valence-electron chi connectivity index (χ2n) is 11.3. The Morgan fingerprint density at radius 2 is 1.28 bits per heavy atom. The van der Waals surface area contributed by atoms with Gasteiger partial charge in [-0.2, -0.15) is 0 Å². The van der Waals surface area contributed by atoms with E-state index in [1.54, 1.807) is 20.8 Å². The van der Waals surface area contributed by atoms with Gasteiger partial charge in [0.2, 0.25) is 0 Å². The Hall–Kier alpha value is 0.640. The highest BCUT2D eigenvalue weighted by molar-refractivity contribution is 7.53. The fourth-order valence-corrected chi connectivity index (χ4v) is 8.12.